The molecular formula is C23H28N2O4S2. The van der Waals surface area contributed by atoms with Gasteiger partial charge in [-0.05, 0) is 68.9 Å². The number of hydrogen-bond acceptors (Lipinski definition) is 6. The van der Waals surface area contributed by atoms with Crippen LogP contribution in [-0.4, -0.2) is 29.6 Å². The summed E-state index contributed by atoms with van der Waals surface area (Å²) < 4.78 is 5.28. The number of hydrogen-bond donors (Lipinski definition) is 2. The van der Waals surface area contributed by atoms with Gasteiger partial charge in [-0.3, -0.25) is 9.59 Å². The van der Waals surface area contributed by atoms with Gasteiger partial charge in [-0.2, -0.15) is 0 Å². The summed E-state index contributed by atoms with van der Waals surface area (Å²) in [5, 5.41) is 5.94. The highest BCUT2D eigenvalue weighted by atomic mass is 32.2. The number of anilines is 2. The van der Waals surface area contributed by atoms with Crippen LogP contribution >= 0.6 is 23.1 Å². The van der Waals surface area contributed by atoms with E-state index in [1.165, 1.54) is 34.9 Å². The molecule has 1 aliphatic carbocycles. The number of ether oxygens (including phenoxy) is 1. The van der Waals surface area contributed by atoms with Crippen molar-refractivity contribution in [3.63, 3.8) is 0 Å². The number of amides is 2. The first-order valence-electron chi connectivity index (χ1n) is 10.4. The molecule has 6 nitrogen and oxygen atoms in total. The van der Waals surface area contributed by atoms with Gasteiger partial charge in [0.25, 0.3) is 0 Å². The molecular weight excluding hydrogens is 432 g/mol. The molecule has 1 aromatic carbocycles. The Morgan fingerprint density at radius 2 is 1.94 bits per heavy atom. The molecule has 0 radical (unpaired) electrons. The van der Waals surface area contributed by atoms with Crippen molar-refractivity contribution in [2.45, 2.75) is 57.1 Å². The van der Waals surface area contributed by atoms with Crippen molar-refractivity contribution in [1.29, 1.82) is 0 Å². The summed E-state index contributed by atoms with van der Waals surface area (Å²) in [4.78, 5) is 38.8. The lowest BCUT2D eigenvalue weighted by molar-refractivity contribution is -0.115. The largest absolute Gasteiger partial charge is 0.462 e. The monoisotopic (exact) mass is 460 g/mol. The fourth-order valence-corrected chi connectivity index (χ4v) is 5.82. The number of carbonyl (C=O) groups excluding carboxylic acids is 3. The third kappa shape index (κ3) is 5.89. The first-order chi connectivity index (χ1) is 14.8. The lowest BCUT2D eigenvalue weighted by Crippen LogP contribution is -2.23. The Balaban J connectivity index is 1.73. The second-order valence-corrected chi connectivity index (χ2v) is 10.3. The van der Waals surface area contributed by atoms with E-state index in [0.717, 1.165) is 29.7 Å². The van der Waals surface area contributed by atoms with E-state index in [-0.39, 0.29) is 23.0 Å². The van der Waals surface area contributed by atoms with E-state index in [9.17, 15) is 14.4 Å². The van der Waals surface area contributed by atoms with Crippen molar-refractivity contribution >= 4 is 51.6 Å². The summed E-state index contributed by atoms with van der Waals surface area (Å²) >= 11 is 2.92. The van der Waals surface area contributed by atoms with Crippen LogP contribution in [-0.2, 0) is 27.2 Å². The van der Waals surface area contributed by atoms with Crippen LogP contribution in [0.4, 0.5) is 10.7 Å². The van der Waals surface area contributed by atoms with E-state index < -0.39 is 0 Å². The van der Waals surface area contributed by atoms with Gasteiger partial charge in [-0.25, -0.2) is 4.79 Å². The van der Waals surface area contributed by atoms with Crippen LogP contribution in [0.15, 0.2) is 29.2 Å². The Bertz CT molecular complexity index is 969. The van der Waals surface area contributed by atoms with E-state index in [1.807, 2.05) is 31.2 Å². The van der Waals surface area contributed by atoms with Gasteiger partial charge in [0.05, 0.1) is 17.4 Å². The number of benzene rings is 1. The highest BCUT2D eigenvalue weighted by molar-refractivity contribution is 8.00. The van der Waals surface area contributed by atoms with E-state index in [0.29, 0.717) is 28.8 Å². The normalized spacial score (nSPS) is 16.2. The third-order valence-corrected chi connectivity index (χ3v) is 7.37. The minimum absolute atomic E-state index is 0.126. The molecule has 3 rings (SSSR count). The predicted molar refractivity (Wildman–Crippen MR) is 126 cm³/mol. The van der Waals surface area contributed by atoms with Gasteiger partial charge in [0, 0.05) is 22.4 Å². The average molecular weight is 461 g/mol. The van der Waals surface area contributed by atoms with Gasteiger partial charge in [0.1, 0.15) is 5.00 Å². The Hall–Kier alpha value is -2.32. The molecule has 8 heteroatoms. The standard InChI is InChI=1S/C23H28N2O4S2/c1-5-29-23(28)20-18-11-6-13(2)12-19(18)31-22(20)25-21(27)14(3)30-17-9-7-16(8-10-17)24-15(4)26/h7-10,13-14H,5-6,11-12H2,1-4H3,(H,24,26)(H,25,27)/t13-,14-/m0/s1. The molecule has 0 spiro atoms. The number of carbonyl (C=O) groups is 3. The first-order valence-corrected chi connectivity index (χ1v) is 12.1. The topological polar surface area (TPSA) is 84.5 Å². The second kappa shape index (κ2) is 10.3. The van der Waals surface area contributed by atoms with Crippen LogP contribution in [0.25, 0.3) is 0 Å². The van der Waals surface area contributed by atoms with Crippen molar-refractivity contribution in [3.8, 4) is 0 Å². The molecule has 1 aromatic heterocycles. The highest BCUT2D eigenvalue weighted by Gasteiger charge is 2.29. The number of esters is 1. The Morgan fingerprint density at radius 3 is 2.58 bits per heavy atom. The maximum Gasteiger partial charge on any atom is 0.341 e. The van der Waals surface area contributed by atoms with Crippen molar-refractivity contribution < 1.29 is 19.1 Å². The molecule has 31 heavy (non-hydrogen) atoms. The van der Waals surface area contributed by atoms with E-state index in [2.05, 4.69) is 17.6 Å². The summed E-state index contributed by atoms with van der Waals surface area (Å²) in [6, 6.07) is 7.35. The van der Waals surface area contributed by atoms with E-state index in [4.69, 9.17) is 4.74 Å². The zero-order chi connectivity index (χ0) is 22.5. The van der Waals surface area contributed by atoms with Crippen LogP contribution in [0.2, 0.25) is 0 Å². The number of thiophene rings is 1. The zero-order valence-electron chi connectivity index (χ0n) is 18.2. The van der Waals surface area contributed by atoms with Crippen molar-refractivity contribution in [2.75, 3.05) is 17.2 Å². The Labute approximate surface area is 191 Å². The molecule has 2 N–H and O–H groups in total. The fraction of sp³-hybridized carbons (Fsp3) is 0.435. The number of thioether (sulfide) groups is 1. The minimum atomic E-state index is -0.362. The molecule has 0 fully saturated rings. The van der Waals surface area contributed by atoms with Gasteiger partial charge in [-0.15, -0.1) is 23.1 Å². The molecule has 0 aliphatic heterocycles. The van der Waals surface area contributed by atoms with E-state index >= 15 is 0 Å². The SMILES string of the molecule is CCOC(=O)c1c(NC(=O)[C@H](C)Sc2ccc(NC(C)=O)cc2)sc2c1CC[C@H](C)C2. The van der Waals surface area contributed by atoms with Crippen LogP contribution in [0.3, 0.4) is 0 Å². The van der Waals surface area contributed by atoms with Gasteiger partial charge < -0.3 is 15.4 Å². The summed E-state index contributed by atoms with van der Waals surface area (Å²) in [5.74, 6) is -0.0786. The van der Waals surface area contributed by atoms with Gasteiger partial charge >= 0.3 is 5.97 Å². The fourth-order valence-electron chi connectivity index (χ4n) is 3.55. The summed E-state index contributed by atoms with van der Waals surface area (Å²) in [7, 11) is 0. The molecule has 2 aromatic rings. The quantitative estimate of drug-likeness (QED) is 0.442. The summed E-state index contributed by atoms with van der Waals surface area (Å²) in [6.45, 7) is 7.59. The van der Waals surface area contributed by atoms with Crippen LogP contribution in [0, 0.1) is 5.92 Å². The van der Waals surface area contributed by atoms with Crippen molar-refractivity contribution in [1.82, 2.24) is 0 Å². The highest BCUT2D eigenvalue weighted by Crippen LogP contribution is 2.40. The molecule has 166 valence electrons. The Morgan fingerprint density at radius 1 is 1.23 bits per heavy atom. The van der Waals surface area contributed by atoms with Gasteiger partial charge in [0.15, 0.2) is 0 Å². The molecule has 1 aliphatic rings. The maximum absolute atomic E-state index is 12.9. The van der Waals surface area contributed by atoms with Crippen LogP contribution in [0.5, 0.6) is 0 Å². The molecule has 2 amide bonds. The number of fused-ring (bicyclic) bond motifs is 1. The molecule has 0 saturated heterocycles. The second-order valence-electron chi connectivity index (χ2n) is 7.73. The molecule has 2 atom stereocenters. The lowest BCUT2D eigenvalue weighted by atomic mass is 9.88. The van der Waals surface area contributed by atoms with Gasteiger partial charge in [-0.1, -0.05) is 6.92 Å². The zero-order valence-corrected chi connectivity index (χ0v) is 19.9. The first kappa shape index (κ1) is 23.3. The molecule has 0 saturated carbocycles. The van der Waals surface area contributed by atoms with Crippen LogP contribution < -0.4 is 10.6 Å². The van der Waals surface area contributed by atoms with Crippen molar-refractivity contribution in [2.24, 2.45) is 5.92 Å². The predicted octanol–water partition coefficient (Wildman–Crippen LogP) is 5.13. The minimum Gasteiger partial charge on any atom is -0.462 e. The van der Waals surface area contributed by atoms with E-state index in [1.54, 1.807) is 6.92 Å². The molecule has 0 unspecified atom stereocenters. The Kier molecular flexibility index (Phi) is 7.78. The smallest absolute Gasteiger partial charge is 0.341 e. The van der Waals surface area contributed by atoms with Gasteiger partial charge in [0.2, 0.25) is 11.8 Å². The molecule has 1 heterocycles. The summed E-state index contributed by atoms with van der Waals surface area (Å²) in [6.07, 6.45) is 2.79. The average Bonchev–Trinajstić information content (AvgIpc) is 3.06. The molecule has 0 bridgehead atoms. The van der Waals surface area contributed by atoms with Crippen LogP contribution in [0.1, 0.15) is 54.9 Å². The lowest BCUT2D eigenvalue weighted by Gasteiger charge is -2.18. The third-order valence-electron chi connectivity index (χ3n) is 5.08. The van der Waals surface area contributed by atoms with Crippen molar-refractivity contribution in [3.05, 3.63) is 40.3 Å². The maximum atomic E-state index is 12.9. The number of rotatable bonds is 7. The summed E-state index contributed by atoms with van der Waals surface area (Å²) in [5.41, 5.74) is 2.27. The number of nitrogens with one attached hydrogen (secondary N) is 2.